The lowest BCUT2D eigenvalue weighted by Gasteiger charge is -2.03. The fraction of sp³-hybridized carbons (Fsp3) is 0.125. The molecule has 3 N–H and O–H groups in total. The van der Waals surface area contributed by atoms with Gasteiger partial charge in [0.1, 0.15) is 5.69 Å². The van der Waals surface area contributed by atoms with E-state index in [1.54, 1.807) is 0 Å². The number of halogens is 1. The van der Waals surface area contributed by atoms with Gasteiger partial charge in [0.05, 0.1) is 9.95 Å². The summed E-state index contributed by atoms with van der Waals surface area (Å²) in [5, 5.41) is 12.9. The van der Waals surface area contributed by atoms with Crippen LogP contribution >= 0.6 is 11.6 Å². The zero-order chi connectivity index (χ0) is 11.6. The molecule has 0 spiro atoms. The molecule has 0 unspecified atom stereocenters. The highest BCUT2D eigenvalue weighted by Gasteiger charge is 2.18. The van der Waals surface area contributed by atoms with Crippen LogP contribution in [-0.4, -0.2) is 17.9 Å². The number of nitro groups is 1. The Hall–Kier alpha value is -1.82. The largest absolute Gasteiger partial charge is 0.392 e. The van der Waals surface area contributed by atoms with Gasteiger partial charge >= 0.3 is 0 Å². The number of benzene rings is 1. The van der Waals surface area contributed by atoms with E-state index in [4.69, 9.17) is 17.3 Å². The molecule has 0 fully saturated rings. The summed E-state index contributed by atoms with van der Waals surface area (Å²) in [5.41, 5.74) is 4.97. The predicted octanol–water partition coefficient (Wildman–Crippen LogP) is 1.19. The van der Waals surface area contributed by atoms with Crippen molar-refractivity contribution < 1.29 is 9.72 Å². The van der Waals surface area contributed by atoms with Crippen molar-refractivity contribution in [3.8, 4) is 0 Å². The molecule has 0 aliphatic carbocycles. The maximum Gasteiger partial charge on any atom is 0.294 e. The molecule has 0 aliphatic rings. The maximum atomic E-state index is 11.2. The first-order valence-electron chi connectivity index (χ1n) is 3.93. The van der Waals surface area contributed by atoms with Crippen LogP contribution in [0.2, 0.25) is 5.02 Å². The van der Waals surface area contributed by atoms with Crippen molar-refractivity contribution in [2.45, 2.75) is 0 Å². The summed E-state index contributed by atoms with van der Waals surface area (Å²) >= 11 is 5.65. The van der Waals surface area contributed by atoms with E-state index >= 15 is 0 Å². The highest BCUT2D eigenvalue weighted by Crippen LogP contribution is 2.30. The molecular weight excluding hydrogens is 222 g/mol. The lowest BCUT2D eigenvalue weighted by atomic mass is 10.1. The third-order valence-corrected chi connectivity index (χ3v) is 2.11. The summed E-state index contributed by atoms with van der Waals surface area (Å²) in [6.45, 7) is 0. The Kier molecular flexibility index (Phi) is 3.11. The van der Waals surface area contributed by atoms with Crippen molar-refractivity contribution in [3.63, 3.8) is 0 Å². The molecule has 1 aromatic carbocycles. The minimum atomic E-state index is -0.687. The third kappa shape index (κ3) is 2.16. The van der Waals surface area contributed by atoms with E-state index in [0.29, 0.717) is 0 Å². The molecule has 15 heavy (non-hydrogen) atoms. The van der Waals surface area contributed by atoms with Gasteiger partial charge < -0.3 is 11.1 Å². The van der Waals surface area contributed by atoms with Crippen molar-refractivity contribution in [3.05, 3.63) is 32.8 Å². The molecule has 1 aromatic rings. The first-order valence-corrected chi connectivity index (χ1v) is 4.30. The van der Waals surface area contributed by atoms with Gasteiger partial charge in [-0.05, 0) is 6.07 Å². The van der Waals surface area contributed by atoms with Crippen LogP contribution in [0.4, 0.5) is 11.4 Å². The average Bonchev–Trinajstić information content (AvgIpc) is 2.20. The number of anilines is 1. The highest BCUT2D eigenvalue weighted by molar-refractivity contribution is 6.34. The van der Waals surface area contributed by atoms with Gasteiger partial charge in [0.15, 0.2) is 0 Å². The minimum absolute atomic E-state index is 0.0113. The number of nitrogen functional groups attached to an aromatic ring is 1. The lowest BCUT2D eigenvalue weighted by Crippen LogP contribution is -2.18. The summed E-state index contributed by atoms with van der Waals surface area (Å²) < 4.78 is 0. The fourth-order valence-corrected chi connectivity index (χ4v) is 1.24. The van der Waals surface area contributed by atoms with E-state index in [0.717, 1.165) is 6.07 Å². The monoisotopic (exact) mass is 229 g/mol. The SMILES string of the molecule is CNC(=O)c1cc(Cl)c(N)c([N+](=O)[O-])c1. The summed E-state index contributed by atoms with van der Waals surface area (Å²) in [4.78, 5) is 21.1. The molecule has 0 saturated heterocycles. The number of carbonyl (C=O) groups excluding carboxylic acids is 1. The van der Waals surface area contributed by atoms with E-state index in [1.807, 2.05) is 0 Å². The Balaban J connectivity index is 3.35. The average molecular weight is 230 g/mol. The predicted molar refractivity (Wildman–Crippen MR) is 55.9 cm³/mol. The fourth-order valence-electron chi connectivity index (χ4n) is 1.03. The number of nitrogens with zero attached hydrogens (tertiary/aromatic N) is 1. The Labute approximate surface area is 90.2 Å². The van der Waals surface area contributed by atoms with Gasteiger partial charge in [-0.1, -0.05) is 11.6 Å². The molecule has 1 amide bonds. The Bertz CT molecular complexity index is 433. The van der Waals surface area contributed by atoms with Crippen LogP contribution in [-0.2, 0) is 0 Å². The molecule has 0 aliphatic heterocycles. The molecule has 80 valence electrons. The van der Waals surface area contributed by atoms with Crippen LogP contribution in [0.15, 0.2) is 12.1 Å². The second kappa shape index (κ2) is 4.14. The van der Waals surface area contributed by atoms with Gasteiger partial charge in [-0.3, -0.25) is 14.9 Å². The number of nitrogens with two attached hydrogens (primary N) is 1. The van der Waals surface area contributed by atoms with Crippen LogP contribution in [0.5, 0.6) is 0 Å². The van der Waals surface area contributed by atoms with Crippen molar-refractivity contribution in [2.24, 2.45) is 0 Å². The number of hydrogen-bond acceptors (Lipinski definition) is 4. The number of nitrogens with one attached hydrogen (secondary N) is 1. The normalized spacial score (nSPS) is 9.73. The minimum Gasteiger partial charge on any atom is -0.392 e. The van der Waals surface area contributed by atoms with Crippen LogP contribution in [0.1, 0.15) is 10.4 Å². The van der Waals surface area contributed by atoms with Crippen LogP contribution in [0.3, 0.4) is 0 Å². The first kappa shape index (κ1) is 11.3. The van der Waals surface area contributed by atoms with E-state index in [1.165, 1.54) is 13.1 Å². The summed E-state index contributed by atoms with van der Waals surface area (Å²) in [5.74, 6) is -0.458. The van der Waals surface area contributed by atoms with Gasteiger partial charge in [0.25, 0.3) is 11.6 Å². The molecule has 0 aromatic heterocycles. The Morgan fingerprint density at radius 1 is 1.60 bits per heavy atom. The molecule has 0 bridgehead atoms. The van der Waals surface area contributed by atoms with Gasteiger partial charge in [-0.25, -0.2) is 0 Å². The number of nitro benzene ring substituents is 1. The van der Waals surface area contributed by atoms with Gasteiger partial charge in [0, 0.05) is 18.7 Å². The van der Waals surface area contributed by atoms with Crippen LogP contribution in [0.25, 0.3) is 0 Å². The van der Waals surface area contributed by atoms with Crippen molar-refractivity contribution in [1.29, 1.82) is 0 Å². The summed E-state index contributed by atoms with van der Waals surface area (Å²) in [6, 6.07) is 2.36. The quantitative estimate of drug-likeness (QED) is 0.452. The standard InChI is InChI=1S/C8H8ClN3O3/c1-11-8(13)4-2-5(9)7(10)6(3-4)12(14)15/h2-3H,10H2,1H3,(H,11,13). The third-order valence-electron chi connectivity index (χ3n) is 1.79. The Morgan fingerprint density at radius 3 is 2.67 bits per heavy atom. The second-order valence-electron chi connectivity index (χ2n) is 2.73. The van der Waals surface area contributed by atoms with E-state index in [9.17, 15) is 14.9 Å². The molecule has 6 nitrogen and oxygen atoms in total. The van der Waals surface area contributed by atoms with Gasteiger partial charge in [-0.2, -0.15) is 0 Å². The van der Waals surface area contributed by atoms with Crippen LogP contribution < -0.4 is 11.1 Å². The summed E-state index contributed by atoms with van der Waals surface area (Å²) in [6.07, 6.45) is 0. The van der Waals surface area contributed by atoms with E-state index in [2.05, 4.69) is 5.32 Å². The number of amides is 1. The second-order valence-corrected chi connectivity index (χ2v) is 3.13. The molecule has 0 radical (unpaired) electrons. The van der Waals surface area contributed by atoms with Crippen LogP contribution in [0, 0.1) is 10.1 Å². The van der Waals surface area contributed by atoms with E-state index in [-0.39, 0.29) is 22.0 Å². The zero-order valence-corrected chi connectivity index (χ0v) is 8.54. The van der Waals surface area contributed by atoms with Crippen molar-refractivity contribution >= 4 is 28.9 Å². The van der Waals surface area contributed by atoms with E-state index < -0.39 is 10.8 Å². The number of rotatable bonds is 2. The maximum absolute atomic E-state index is 11.2. The zero-order valence-electron chi connectivity index (χ0n) is 7.78. The van der Waals surface area contributed by atoms with Gasteiger partial charge in [0.2, 0.25) is 0 Å². The highest BCUT2D eigenvalue weighted by atomic mass is 35.5. The molecule has 7 heteroatoms. The van der Waals surface area contributed by atoms with Gasteiger partial charge in [-0.15, -0.1) is 0 Å². The molecule has 0 heterocycles. The topological polar surface area (TPSA) is 98.3 Å². The van der Waals surface area contributed by atoms with Crippen molar-refractivity contribution in [2.75, 3.05) is 12.8 Å². The number of hydrogen-bond donors (Lipinski definition) is 2. The first-order chi connectivity index (χ1) is 6.97. The van der Waals surface area contributed by atoms with Crippen molar-refractivity contribution in [1.82, 2.24) is 5.32 Å². The Morgan fingerprint density at radius 2 is 2.20 bits per heavy atom. The molecule has 0 atom stereocenters. The molecule has 0 saturated carbocycles. The smallest absolute Gasteiger partial charge is 0.294 e. The lowest BCUT2D eigenvalue weighted by molar-refractivity contribution is -0.383. The number of carbonyl (C=O) groups is 1. The molecule has 1 rings (SSSR count). The summed E-state index contributed by atoms with van der Waals surface area (Å²) in [7, 11) is 1.42. The molecular formula is C8H8ClN3O3.